The van der Waals surface area contributed by atoms with E-state index in [1.54, 1.807) is 12.1 Å². The number of hydrogen-bond donors (Lipinski definition) is 4. The van der Waals surface area contributed by atoms with Gasteiger partial charge in [0.1, 0.15) is 39.6 Å². The van der Waals surface area contributed by atoms with Crippen LogP contribution < -0.4 is 10.6 Å². The molecule has 256 valence electrons. The molecule has 0 aliphatic heterocycles. The van der Waals surface area contributed by atoms with Gasteiger partial charge in [-0.15, -0.1) is 0 Å². The number of carbonyl (C=O) groups is 6. The molecule has 16 heteroatoms. The van der Waals surface area contributed by atoms with Crippen molar-refractivity contribution in [2.45, 2.75) is 6.54 Å². The zero-order chi connectivity index (χ0) is 35.3. The van der Waals surface area contributed by atoms with Crippen LogP contribution in [0.4, 0.5) is 15.3 Å². The topological polar surface area (TPSA) is 222 Å². The van der Waals surface area contributed by atoms with Crippen molar-refractivity contribution < 1.29 is 67.4 Å². The fourth-order valence-corrected chi connectivity index (χ4v) is 3.23. The molecule has 0 bridgehead atoms. The van der Waals surface area contributed by atoms with Gasteiger partial charge in [-0.2, -0.15) is 0 Å². The molecule has 0 aliphatic rings. The molecule has 0 aliphatic carbocycles. The van der Waals surface area contributed by atoms with E-state index in [0.29, 0.717) is 5.56 Å². The molecule has 0 unspecified atom stereocenters. The van der Waals surface area contributed by atoms with Gasteiger partial charge >= 0.3 is 36.1 Å². The number of anilines is 1. The third-order valence-corrected chi connectivity index (χ3v) is 6.05. The lowest BCUT2D eigenvalue weighted by atomic mass is 9.92. The van der Waals surface area contributed by atoms with E-state index >= 15 is 0 Å². The number of aliphatic hydroxyl groups excluding tert-OH is 2. The molecule has 4 N–H and O–H groups in total. The number of alkyl carbamates (subject to hydrolysis) is 1. The van der Waals surface area contributed by atoms with Crippen molar-refractivity contribution in [3.8, 4) is 0 Å². The smallest absolute Gasteiger partial charge is 0.411 e. The summed E-state index contributed by atoms with van der Waals surface area (Å²) in [5, 5.41) is 24.8. The first-order valence-electron chi connectivity index (χ1n) is 13.7. The maximum Gasteiger partial charge on any atom is 0.411 e. The first-order valence-corrected chi connectivity index (χ1v) is 13.7. The van der Waals surface area contributed by atoms with E-state index in [-0.39, 0.29) is 12.2 Å². The minimum atomic E-state index is -1.49. The van der Waals surface area contributed by atoms with Gasteiger partial charge in [-0.1, -0.05) is 38.4 Å². The highest BCUT2D eigenvalue weighted by Gasteiger charge is 2.36. The van der Waals surface area contributed by atoms with Crippen molar-refractivity contribution in [1.29, 1.82) is 0 Å². The van der Waals surface area contributed by atoms with Crippen molar-refractivity contribution in [3.05, 3.63) is 80.4 Å². The van der Waals surface area contributed by atoms with E-state index in [2.05, 4.69) is 36.9 Å². The van der Waals surface area contributed by atoms with Gasteiger partial charge in [-0.25, -0.2) is 28.8 Å². The zero-order valence-electron chi connectivity index (χ0n) is 25.6. The Balaban J connectivity index is 2.81. The molecule has 0 atom stereocenters. The Kier molecular flexibility index (Phi) is 17.3. The molecule has 1 aromatic carbocycles. The predicted octanol–water partition coefficient (Wildman–Crippen LogP) is 1.34. The Morgan fingerprint density at radius 1 is 0.617 bits per heavy atom. The van der Waals surface area contributed by atoms with Gasteiger partial charge in [-0.3, -0.25) is 5.32 Å². The summed E-state index contributed by atoms with van der Waals surface area (Å²) in [6.45, 7) is 8.74. The SMILES string of the molecule is C=CC(=O)OCC(CO)(COC(=O)C=C)COC(=O)NCc1cccc(NC(=O)OCC(CO)(COC(=O)C=C)COC(=O)C=C)c1. The molecule has 0 fully saturated rings. The highest BCUT2D eigenvalue weighted by atomic mass is 16.6. The van der Waals surface area contributed by atoms with Gasteiger partial charge in [-0.05, 0) is 17.7 Å². The number of aliphatic hydroxyl groups is 2. The van der Waals surface area contributed by atoms with Gasteiger partial charge in [0.2, 0.25) is 0 Å². The monoisotopic (exact) mass is 662 g/mol. The van der Waals surface area contributed by atoms with Crippen LogP contribution in [-0.2, 0) is 54.1 Å². The molecule has 47 heavy (non-hydrogen) atoms. The van der Waals surface area contributed by atoms with Gasteiger partial charge in [0.15, 0.2) is 0 Å². The van der Waals surface area contributed by atoms with Crippen LogP contribution in [0.15, 0.2) is 74.9 Å². The Labute approximate surface area is 270 Å². The molecule has 2 amide bonds. The van der Waals surface area contributed by atoms with Crippen LogP contribution in [0.5, 0.6) is 0 Å². The summed E-state index contributed by atoms with van der Waals surface area (Å²) in [6, 6.07) is 6.21. The summed E-state index contributed by atoms with van der Waals surface area (Å²) in [6.07, 6.45) is 1.67. The first kappa shape index (κ1) is 39.5. The minimum Gasteiger partial charge on any atom is -0.462 e. The third kappa shape index (κ3) is 14.9. The van der Waals surface area contributed by atoms with Crippen LogP contribution in [-0.4, -0.2) is 99.1 Å². The highest BCUT2D eigenvalue weighted by Crippen LogP contribution is 2.21. The van der Waals surface area contributed by atoms with E-state index in [1.165, 1.54) is 12.1 Å². The second kappa shape index (κ2) is 20.5. The predicted molar refractivity (Wildman–Crippen MR) is 163 cm³/mol. The number of carbonyl (C=O) groups excluding carboxylic acids is 6. The van der Waals surface area contributed by atoms with Gasteiger partial charge in [0.25, 0.3) is 0 Å². The molecule has 1 aromatic rings. The van der Waals surface area contributed by atoms with Crippen LogP contribution in [0.25, 0.3) is 0 Å². The summed E-state index contributed by atoms with van der Waals surface area (Å²) in [5.41, 5.74) is -2.21. The maximum absolute atomic E-state index is 12.5. The molecule has 0 aromatic heterocycles. The van der Waals surface area contributed by atoms with E-state index in [9.17, 15) is 39.0 Å². The molecule has 0 heterocycles. The largest absolute Gasteiger partial charge is 0.462 e. The van der Waals surface area contributed by atoms with Crippen LogP contribution >= 0.6 is 0 Å². The molecule has 0 saturated carbocycles. The molecule has 1 rings (SSSR count). The molecule has 0 radical (unpaired) electrons. The summed E-state index contributed by atoms with van der Waals surface area (Å²) in [5.74, 6) is -3.24. The molecule has 0 saturated heterocycles. The Morgan fingerprint density at radius 3 is 1.38 bits per heavy atom. The number of nitrogens with one attached hydrogen (secondary N) is 2. The van der Waals surface area contributed by atoms with Crippen LogP contribution in [0, 0.1) is 10.8 Å². The lowest BCUT2D eigenvalue weighted by molar-refractivity contribution is -0.154. The molecule has 0 spiro atoms. The average Bonchev–Trinajstić information content (AvgIpc) is 3.09. The van der Waals surface area contributed by atoms with Crippen molar-refractivity contribution in [2.24, 2.45) is 10.8 Å². The highest BCUT2D eigenvalue weighted by molar-refractivity contribution is 5.85. The number of benzene rings is 1. The lowest BCUT2D eigenvalue weighted by Crippen LogP contribution is -2.43. The fraction of sp³-hybridized carbons (Fsp3) is 0.355. The van der Waals surface area contributed by atoms with Crippen molar-refractivity contribution in [1.82, 2.24) is 5.32 Å². The van der Waals surface area contributed by atoms with E-state index < -0.39 is 99.7 Å². The summed E-state index contributed by atoms with van der Waals surface area (Å²) in [7, 11) is 0. The number of ether oxygens (including phenoxy) is 6. The second-order valence-corrected chi connectivity index (χ2v) is 9.89. The second-order valence-electron chi connectivity index (χ2n) is 9.89. The fourth-order valence-electron chi connectivity index (χ4n) is 3.23. The average molecular weight is 663 g/mol. The number of hydrogen-bond acceptors (Lipinski definition) is 14. The molecule has 16 nitrogen and oxygen atoms in total. The number of esters is 4. The molecular weight excluding hydrogens is 624 g/mol. The normalized spacial score (nSPS) is 10.7. The lowest BCUT2D eigenvalue weighted by Gasteiger charge is -2.29. The third-order valence-electron chi connectivity index (χ3n) is 6.05. The summed E-state index contributed by atoms with van der Waals surface area (Å²) < 4.78 is 30.3. The standard InChI is InChI=1S/C31H38N2O14/c1-5-24(36)42-16-30(14-34,17-43-25(37)6-2)20-46-28(40)32-13-22-10-9-11-23(12-22)33-29(41)47-21-31(15-35,18-44-26(38)7-3)19-45-27(39)8-4/h5-12,34-35H,1-4,13-21H2,(H,32,40)(H,33,41). The van der Waals surface area contributed by atoms with E-state index in [0.717, 1.165) is 24.3 Å². The first-order chi connectivity index (χ1) is 22.4. The quantitative estimate of drug-likeness (QED) is 0.0829. The summed E-state index contributed by atoms with van der Waals surface area (Å²) in [4.78, 5) is 71.1. The van der Waals surface area contributed by atoms with Crippen molar-refractivity contribution in [3.63, 3.8) is 0 Å². The van der Waals surface area contributed by atoms with Crippen LogP contribution in [0.2, 0.25) is 0 Å². The number of amides is 2. The Bertz CT molecular complexity index is 1260. The Hall–Kier alpha value is -5.48. The minimum absolute atomic E-state index is 0.0800. The number of rotatable bonds is 21. The maximum atomic E-state index is 12.5. The molecular formula is C31H38N2O14. The Morgan fingerprint density at radius 2 is 1.00 bits per heavy atom. The van der Waals surface area contributed by atoms with E-state index in [1.807, 2.05) is 0 Å². The van der Waals surface area contributed by atoms with Crippen LogP contribution in [0.3, 0.4) is 0 Å². The van der Waals surface area contributed by atoms with Crippen molar-refractivity contribution >= 4 is 41.8 Å². The zero-order valence-corrected chi connectivity index (χ0v) is 25.6. The van der Waals surface area contributed by atoms with Gasteiger partial charge in [0.05, 0.1) is 24.0 Å². The van der Waals surface area contributed by atoms with Crippen molar-refractivity contribution in [2.75, 3.05) is 58.2 Å². The van der Waals surface area contributed by atoms with Gasteiger partial charge in [0, 0.05) is 36.5 Å². The summed E-state index contributed by atoms with van der Waals surface area (Å²) >= 11 is 0. The van der Waals surface area contributed by atoms with E-state index in [4.69, 9.17) is 28.4 Å². The van der Waals surface area contributed by atoms with Crippen LogP contribution in [0.1, 0.15) is 5.56 Å². The van der Waals surface area contributed by atoms with Gasteiger partial charge < -0.3 is 44.0 Å².